The second-order valence-electron chi connectivity index (χ2n) is 4.86. The van der Waals surface area contributed by atoms with E-state index < -0.39 is 0 Å². The fraction of sp³-hybridized carbons (Fsp3) is 0.571. The van der Waals surface area contributed by atoms with Crippen molar-refractivity contribution in [2.45, 2.75) is 40.2 Å². The Kier molecular flexibility index (Phi) is 4.34. The molecule has 2 atom stereocenters. The maximum Gasteiger partial charge on any atom is 0.0608 e. The Morgan fingerprint density at radius 1 is 1.20 bits per heavy atom. The molecule has 0 spiro atoms. The van der Waals surface area contributed by atoms with Crippen LogP contribution in [0.5, 0.6) is 0 Å². The Bertz CT molecular complexity index is 304. The van der Waals surface area contributed by atoms with Gasteiger partial charge in [0.25, 0.3) is 0 Å². The molecule has 0 aliphatic rings. The van der Waals surface area contributed by atoms with E-state index in [4.69, 9.17) is 0 Å². The molecule has 1 N–H and O–H groups in total. The third-order valence-corrected chi connectivity index (χ3v) is 3.19. The summed E-state index contributed by atoms with van der Waals surface area (Å²) in [6, 6.07) is 8.37. The van der Waals surface area contributed by atoms with Gasteiger partial charge in [-0.2, -0.15) is 0 Å². The van der Waals surface area contributed by atoms with Gasteiger partial charge in [-0.05, 0) is 30.7 Å². The molecule has 1 aromatic rings. The summed E-state index contributed by atoms with van der Waals surface area (Å²) in [7, 11) is 0. The zero-order chi connectivity index (χ0) is 11.4. The Balaban J connectivity index is 2.62. The molecule has 0 radical (unpaired) electrons. The van der Waals surface area contributed by atoms with Crippen molar-refractivity contribution in [2.24, 2.45) is 11.8 Å². The van der Waals surface area contributed by atoms with Crippen molar-refractivity contribution in [3.63, 3.8) is 0 Å². The standard InChI is InChI=1S/C14H22O/c1-10(2)12(4)14(15)9-13-7-5-6-11(3)8-13/h5-8,10,12,14-15H,9H2,1-4H3. The molecule has 1 nitrogen and oxygen atoms in total. The summed E-state index contributed by atoms with van der Waals surface area (Å²) in [6.45, 7) is 8.52. The van der Waals surface area contributed by atoms with E-state index in [1.54, 1.807) is 0 Å². The number of aliphatic hydroxyl groups is 1. The first kappa shape index (κ1) is 12.3. The Hall–Kier alpha value is -0.820. The van der Waals surface area contributed by atoms with Gasteiger partial charge in [-0.1, -0.05) is 50.6 Å². The van der Waals surface area contributed by atoms with E-state index in [1.807, 2.05) is 0 Å². The van der Waals surface area contributed by atoms with Crippen LogP contribution in [0.3, 0.4) is 0 Å². The number of hydrogen-bond acceptors (Lipinski definition) is 1. The summed E-state index contributed by atoms with van der Waals surface area (Å²) in [5.41, 5.74) is 2.49. The number of benzene rings is 1. The topological polar surface area (TPSA) is 20.2 Å². The van der Waals surface area contributed by atoms with Crippen LogP contribution in [0.4, 0.5) is 0 Å². The number of hydrogen-bond donors (Lipinski definition) is 1. The van der Waals surface area contributed by atoms with Gasteiger partial charge in [-0.25, -0.2) is 0 Å². The predicted octanol–water partition coefficient (Wildman–Crippen LogP) is 3.19. The molecular weight excluding hydrogens is 184 g/mol. The van der Waals surface area contributed by atoms with Crippen molar-refractivity contribution in [1.82, 2.24) is 0 Å². The molecule has 1 rings (SSSR count). The van der Waals surface area contributed by atoms with Crippen LogP contribution in [0, 0.1) is 18.8 Å². The van der Waals surface area contributed by atoms with Crippen molar-refractivity contribution in [3.05, 3.63) is 35.4 Å². The summed E-state index contributed by atoms with van der Waals surface area (Å²) >= 11 is 0. The van der Waals surface area contributed by atoms with E-state index >= 15 is 0 Å². The average molecular weight is 206 g/mol. The lowest BCUT2D eigenvalue weighted by Crippen LogP contribution is -2.24. The largest absolute Gasteiger partial charge is 0.392 e. The molecule has 0 aromatic heterocycles. The van der Waals surface area contributed by atoms with Gasteiger partial charge in [-0.3, -0.25) is 0 Å². The molecule has 1 aromatic carbocycles. The molecule has 0 aliphatic heterocycles. The molecule has 0 fully saturated rings. The zero-order valence-corrected chi connectivity index (χ0v) is 10.2. The molecule has 0 saturated carbocycles. The highest BCUT2D eigenvalue weighted by molar-refractivity contribution is 5.22. The van der Waals surface area contributed by atoms with Crippen LogP contribution in [0.1, 0.15) is 31.9 Å². The van der Waals surface area contributed by atoms with Crippen molar-refractivity contribution in [3.8, 4) is 0 Å². The molecular formula is C14H22O. The monoisotopic (exact) mass is 206 g/mol. The lowest BCUT2D eigenvalue weighted by molar-refractivity contribution is 0.0921. The molecule has 1 heteroatoms. The summed E-state index contributed by atoms with van der Waals surface area (Å²) in [4.78, 5) is 0. The molecule has 0 heterocycles. The Morgan fingerprint density at radius 2 is 1.87 bits per heavy atom. The summed E-state index contributed by atoms with van der Waals surface area (Å²) in [5.74, 6) is 0.885. The van der Waals surface area contributed by atoms with Gasteiger partial charge in [0.15, 0.2) is 0 Å². The van der Waals surface area contributed by atoms with Crippen LogP contribution in [0.2, 0.25) is 0 Å². The van der Waals surface area contributed by atoms with Gasteiger partial charge in [0, 0.05) is 0 Å². The fourth-order valence-electron chi connectivity index (χ4n) is 1.71. The Morgan fingerprint density at radius 3 is 2.40 bits per heavy atom. The SMILES string of the molecule is Cc1cccc(CC(O)C(C)C(C)C)c1. The quantitative estimate of drug-likeness (QED) is 0.802. The van der Waals surface area contributed by atoms with Crippen LogP contribution in [-0.4, -0.2) is 11.2 Å². The minimum atomic E-state index is -0.230. The first-order valence-corrected chi connectivity index (χ1v) is 5.74. The first-order chi connectivity index (χ1) is 7.00. The summed E-state index contributed by atoms with van der Waals surface area (Å²) in [6.07, 6.45) is 0.535. The van der Waals surface area contributed by atoms with Crippen LogP contribution in [0.15, 0.2) is 24.3 Å². The lowest BCUT2D eigenvalue weighted by Gasteiger charge is -2.22. The van der Waals surface area contributed by atoms with Crippen LogP contribution < -0.4 is 0 Å². The van der Waals surface area contributed by atoms with E-state index in [1.165, 1.54) is 11.1 Å². The third kappa shape index (κ3) is 3.67. The summed E-state index contributed by atoms with van der Waals surface area (Å²) < 4.78 is 0. The van der Waals surface area contributed by atoms with E-state index in [-0.39, 0.29) is 6.10 Å². The predicted molar refractivity (Wildman–Crippen MR) is 64.9 cm³/mol. The van der Waals surface area contributed by atoms with Gasteiger partial charge in [0.05, 0.1) is 6.10 Å². The van der Waals surface area contributed by atoms with Crippen LogP contribution in [0.25, 0.3) is 0 Å². The van der Waals surface area contributed by atoms with E-state index in [0.717, 1.165) is 6.42 Å². The number of rotatable bonds is 4. The van der Waals surface area contributed by atoms with E-state index in [9.17, 15) is 5.11 Å². The molecule has 0 bridgehead atoms. The first-order valence-electron chi connectivity index (χ1n) is 5.74. The number of aryl methyl sites for hydroxylation is 1. The van der Waals surface area contributed by atoms with Crippen molar-refractivity contribution < 1.29 is 5.11 Å². The Labute approximate surface area is 93.1 Å². The highest BCUT2D eigenvalue weighted by atomic mass is 16.3. The number of aliphatic hydroxyl groups excluding tert-OH is 1. The second kappa shape index (κ2) is 5.32. The molecule has 15 heavy (non-hydrogen) atoms. The maximum atomic E-state index is 10.0. The maximum absolute atomic E-state index is 10.0. The van der Waals surface area contributed by atoms with E-state index in [0.29, 0.717) is 11.8 Å². The lowest BCUT2D eigenvalue weighted by atomic mass is 9.88. The highest BCUT2D eigenvalue weighted by Gasteiger charge is 2.17. The van der Waals surface area contributed by atoms with Crippen molar-refractivity contribution in [2.75, 3.05) is 0 Å². The van der Waals surface area contributed by atoms with Gasteiger partial charge < -0.3 is 5.11 Å². The molecule has 0 saturated heterocycles. The van der Waals surface area contributed by atoms with E-state index in [2.05, 4.69) is 52.0 Å². The second-order valence-corrected chi connectivity index (χ2v) is 4.86. The smallest absolute Gasteiger partial charge is 0.0608 e. The molecule has 2 unspecified atom stereocenters. The fourth-order valence-corrected chi connectivity index (χ4v) is 1.71. The minimum Gasteiger partial charge on any atom is -0.392 e. The van der Waals surface area contributed by atoms with Gasteiger partial charge >= 0.3 is 0 Å². The third-order valence-electron chi connectivity index (χ3n) is 3.19. The molecule has 0 amide bonds. The average Bonchev–Trinajstić information content (AvgIpc) is 2.16. The van der Waals surface area contributed by atoms with Crippen LogP contribution in [-0.2, 0) is 6.42 Å². The van der Waals surface area contributed by atoms with Gasteiger partial charge in [-0.15, -0.1) is 0 Å². The highest BCUT2D eigenvalue weighted by Crippen LogP contribution is 2.18. The minimum absolute atomic E-state index is 0.230. The van der Waals surface area contributed by atoms with Gasteiger partial charge in [0.2, 0.25) is 0 Å². The zero-order valence-electron chi connectivity index (χ0n) is 10.2. The van der Waals surface area contributed by atoms with Gasteiger partial charge in [0.1, 0.15) is 0 Å². The molecule has 0 aliphatic carbocycles. The summed E-state index contributed by atoms with van der Waals surface area (Å²) in [5, 5.41) is 10.0. The van der Waals surface area contributed by atoms with Crippen molar-refractivity contribution >= 4 is 0 Å². The normalized spacial score (nSPS) is 15.3. The molecule has 84 valence electrons. The van der Waals surface area contributed by atoms with Crippen molar-refractivity contribution in [1.29, 1.82) is 0 Å². The van der Waals surface area contributed by atoms with Crippen LogP contribution >= 0.6 is 0 Å².